The molecule has 1 aliphatic heterocycles. The van der Waals surface area contributed by atoms with E-state index in [9.17, 15) is 9.59 Å². The van der Waals surface area contributed by atoms with Gasteiger partial charge >= 0.3 is 0 Å². The first-order valence-corrected chi connectivity index (χ1v) is 8.49. The standard InChI is InChI=1S/C18H24N4O3/c1-12-5-6-16(25-12)18(24)22-9-7-21(8-10-22)17(23)11-15-13(2)19-20(4)14(15)3/h5-6H,7-11H2,1-4H3. The third kappa shape index (κ3) is 3.45. The van der Waals surface area contributed by atoms with Crippen LogP contribution in [-0.4, -0.2) is 57.6 Å². The van der Waals surface area contributed by atoms with E-state index in [2.05, 4.69) is 5.10 Å². The van der Waals surface area contributed by atoms with Crippen LogP contribution < -0.4 is 0 Å². The van der Waals surface area contributed by atoms with Gasteiger partial charge < -0.3 is 14.2 Å². The van der Waals surface area contributed by atoms with Gasteiger partial charge in [-0.05, 0) is 32.9 Å². The molecular formula is C18H24N4O3. The summed E-state index contributed by atoms with van der Waals surface area (Å²) >= 11 is 0. The molecule has 1 saturated heterocycles. The molecule has 7 nitrogen and oxygen atoms in total. The number of carbonyl (C=O) groups is 2. The Labute approximate surface area is 147 Å². The summed E-state index contributed by atoms with van der Waals surface area (Å²) in [6, 6.07) is 3.48. The molecule has 0 N–H and O–H groups in total. The lowest BCUT2D eigenvalue weighted by Gasteiger charge is -2.34. The van der Waals surface area contributed by atoms with Crippen LogP contribution in [0.3, 0.4) is 0 Å². The molecule has 1 aliphatic rings. The maximum absolute atomic E-state index is 12.6. The average Bonchev–Trinajstić information content (AvgIpc) is 3.13. The largest absolute Gasteiger partial charge is 0.456 e. The number of piperazine rings is 1. The van der Waals surface area contributed by atoms with Crippen molar-refractivity contribution in [1.82, 2.24) is 19.6 Å². The monoisotopic (exact) mass is 344 g/mol. The van der Waals surface area contributed by atoms with Crippen molar-refractivity contribution in [2.75, 3.05) is 26.2 Å². The minimum Gasteiger partial charge on any atom is -0.456 e. The Kier molecular flexibility index (Phi) is 4.65. The summed E-state index contributed by atoms with van der Waals surface area (Å²) in [5.74, 6) is 1.05. The van der Waals surface area contributed by atoms with Gasteiger partial charge in [-0.3, -0.25) is 14.3 Å². The summed E-state index contributed by atoms with van der Waals surface area (Å²) < 4.78 is 7.20. The molecule has 7 heteroatoms. The summed E-state index contributed by atoms with van der Waals surface area (Å²) in [4.78, 5) is 28.5. The molecule has 134 valence electrons. The Hall–Kier alpha value is -2.57. The molecule has 2 aromatic heterocycles. The fraction of sp³-hybridized carbons (Fsp3) is 0.500. The van der Waals surface area contributed by atoms with E-state index >= 15 is 0 Å². The lowest BCUT2D eigenvalue weighted by atomic mass is 10.1. The molecule has 0 radical (unpaired) electrons. The minimum atomic E-state index is -0.112. The van der Waals surface area contributed by atoms with Gasteiger partial charge in [-0.15, -0.1) is 0 Å². The van der Waals surface area contributed by atoms with Crippen LogP contribution in [0.1, 0.15) is 33.3 Å². The lowest BCUT2D eigenvalue weighted by molar-refractivity contribution is -0.131. The highest BCUT2D eigenvalue weighted by Gasteiger charge is 2.27. The summed E-state index contributed by atoms with van der Waals surface area (Å²) in [5, 5.41) is 4.36. The van der Waals surface area contributed by atoms with E-state index in [1.807, 2.05) is 32.7 Å². The van der Waals surface area contributed by atoms with Gasteiger partial charge in [-0.25, -0.2) is 0 Å². The molecule has 2 amide bonds. The highest BCUT2D eigenvalue weighted by atomic mass is 16.3. The van der Waals surface area contributed by atoms with Gasteiger partial charge in [0.05, 0.1) is 12.1 Å². The predicted octanol–water partition coefficient (Wildman–Crippen LogP) is 1.47. The normalized spacial score (nSPS) is 14.9. The molecule has 2 aromatic rings. The van der Waals surface area contributed by atoms with Gasteiger partial charge in [0.25, 0.3) is 5.91 Å². The number of aryl methyl sites for hydroxylation is 3. The number of hydrogen-bond donors (Lipinski definition) is 0. The summed E-state index contributed by atoms with van der Waals surface area (Å²) in [6.07, 6.45) is 0.358. The fourth-order valence-corrected chi connectivity index (χ4v) is 3.20. The molecule has 1 fully saturated rings. The minimum absolute atomic E-state index is 0.0835. The van der Waals surface area contributed by atoms with Crippen molar-refractivity contribution in [3.8, 4) is 0 Å². The van der Waals surface area contributed by atoms with Crippen LogP contribution in [0, 0.1) is 20.8 Å². The van der Waals surface area contributed by atoms with E-state index < -0.39 is 0 Å². The molecule has 0 atom stereocenters. The zero-order valence-corrected chi connectivity index (χ0v) is 15.2. The highest BCUT2D eigenvalue weighted by Crippen LogP contribution is 2.16. The summed E-state index contributed by atoms with van der Waals surface area (Å²) in [6.45, 7) is 7.85. The summed E-state index contributed by atoms with van der Waals surface area (Å²) in [7, 11) is 1.89. The first-order chi connectivity index (χ1) is 11.9. The Balaban J connectivity index is 1.58. The molecule has 0 aromatic carbocycles. The van der Waals surface area contributed by atoms with Crippen molar-refractivity contribution in [3.63, 3.8) is 0 Å². The van der Waals surface area contributed by atoms with Gasteiger partial charge in [0, 0.05) is 44.5 Å². The average molecular weight is 344 g/mol. The van der Waals surface area contributed by atoms with Crippen molar-refractivity contribution < 1.29 is 14.0 Å². The van der Waals surface area contributed by atoms with E-state index in [4.69, 9.17) is 4.42 Å². The first kappa shape index (κ1) is 17.3. The second-order valence-corrected chi connectivity index (χ2v) is 6.53. The zero-order valence-electron chi connectivity index (χ0n) is 15.2. The van der Waals surface area contributed by atoms with Gasteiger partial charge in [0.15, 0.2) is 5.76 Å². The lowest BCUT2D eigenvalue weighted by Crippen LogP contribution is -2.51. The van der Waals surface area contributed by atoms with Gasteiger partial charge in [0.2, 0.25) is 5.91 Å². The third-order valence-corrected chi connectivity index (χ3v) is 4.86. The Morgan fingerprint density at radius 1 is 1.08 bits per heavy atom. The quantitative estimate of drug-likeness (QED) is 0.845. The van der Waals surface area contributed by atoms with Crippen LogP contribution in [0.5, 0.6) is 0 Å². The van der Waals surface area contributed by atoms with Gasteiger partial charge in [-0.2, -0.15) is 5.10 Å². The van der Waals surface area contributed by atoms with Gasteiger partial charge in [0.1, 0.15) is 5.76 Å². The predicted molar refractivity (Wildman–Crippen MR) is 92.3 cm³/mol. The molecule has 3 heterocycles. The smallest absolute Gasteiger partial charge is 0.289 e. The van der Waals surface area contributed by atoms with Crippen molar-refractivity contribution in [1.29, 1.82) is 0 Å². The van der Waals surface area contributed by atoms with E-state index in [1.165, 1.54) is 0 Å². The number of amides is 2. The fourth-order valence-electron chi connectivity index (χ4n) is 3.20. The van der Waals surface area contributed by atoms with E-state index in [1.54, 1.807) is 21.7 Å². The molecule has 0 spiro atoms. The topological polar surface area (TPSA) is 71.6 Å². The van der Waals surface area contributed by atoms with Crippen molar-refractivity contribution in [2.24, 2.45) is 7.05 Å². The highest BCUT2D eigenvalue weighted by molar-refractivity contribution is 5.91. The second-order valence-electron chi connectivity index (χ2n) is 6.53. The zero-order chi connectivity index (χ0) is 18.1. The van der Waals surface area contributed by atoms with Crippen LogP contribution in [0.4, 0.5) is 0 Å². The Morgan fingerprint density at radius 2 is 1.72 bits per heavy atom. The molecule has 0 saturated carbocycles. The van der Waals surface area contributed by atoms with Crippen molar-refractivity contribution >= 4 is 11.8 Å². The number of furan rings is 1. The number of rotatable bonds is 3. The van der Waals surface area contributed by atoms with E-state index in [0.717, 1.165) is 22.7 Å². The number of hydrogen-bond acceptors (Lipinski definition) is 4. The molecule has 0 bridgehead atoms. The van der Waals surface area contributed by atoms with Crippen LogP contribution in [-0.2, 0) is 18.3 Å². The van der Waals surface area contributed by atoms with Crippen LogP contribution in [0.2, 0.25) is 0 Å². The molecule has 3 rings (SSSR count). The number of aromatic nitrogens is 2. The molecule has 25 heavy (non-hydrogen) atoms. The molecule has 0 aliphatic carbocycles. The molecular weight excluding hydrogens is 320 g/mol. The van der Waals surface area contributed by atoms with Gasteiger partial charge in [-0.1, -0.05) is 0 Å². The number of carbonyl (C=O) groups excluding carboxylic acids is 2. The van der Waals surface area contributed by atoms with Crippen molar-refractivity contribution in [2.45, 2.75) is 27.2 Å². The first-order valence-electron chi connectivity index (χ1n) is 8.49. The molecule has 0 unspecified atom stereocenters. The third-order valence-electron chi connectivity index (χ3n) is 4.86. The van der Waals surface area contributed by atoms with E-state index in [0.29, 0.717) is 38.4 Å². The Morgan fingerprint density at radius 3 is 2.24 bits per heavy atom. The van der Waals surface area contributed by atoms with E-state index in [-0.39, 0.29) is 11.8 Å². The number of nitrogens with zero attached hydrogens (tertiary/aromatic N) is 4. The van der Waals surface area contributed by atoms with Crippen LogP contribution in [0.25, 0.3) is 0 Å². The van der Waals surface area contributed by atoms with Crippen molar-refractivity contribution in [3.05, 3.63) is 40.6 Å². The Bertz CT molecular complexity index is 797. The maximum Gasteiger partial charge on any atom is 0.289 e. The maximum atomic E-state index is 12.6. The van der Waals surface area contributed by atoms with Crippen LogP contribution in [0.15, 0.2) is 16.5 Å². The summed E-state index contributed by atoms with van der Waals surface area (Å²) in [5.41, 5.74) is 2.92. The second kappa shape index (κ2) is 6.74. The van der Waals surface area contributed by atoms with Crippen LogP contribution >= 0.6 is 0 Å². The SMILES string of the molecule is Cc1ccc(C(=O)N2CCN(C(=O)Cc3c(C)nn(C)c3C)CC2)o1.